The van der Waals surface area contributed by atoms with Crippen LogP contribution in [-0.2, 0) is 0 Å². The molecule has 0 bridgehead atoms. The Bertz CT molecular complexity index is 675. The van der Waals surface area contributed by atoms with Gasteiger partial charge in [0.2, 0.25) is 0 Å². The molecule has 0 saturated carbocycles. The summed E-state index contributed by atoms with van der Waals surface area (Å²) in [4.78, 5) is 11.5. The van der Waals surface area contributed by atoms with Crippen LogP contribution in [0.2, 0.25) is 0 Å². The van der Waals surface area contributed by atoms with Gasteiger partial charge in [0.25, 0.3) is 0 Å². The molecule has 17 heavy (non-hydrogen) atoms. The van der Waals surface area contributed by atoms with Crippen LogP contribution in [0.5, 0.6) is 0 Å². The smallest absolute Gasteiger partial charge is 0.343 e. The van der Waals surface area contributed by atoms with Crippen molar-refractivity contribution >= 4 is 16.3 Å². The van der Waals surface area contributed by atoms with Crippen molar-refractivity contribution in [3.63, 3.8) is 0 Å². The fourth-order valence-electron chi connectivity index (χ4n) is 2.13. The lowest BCUT2D eigenvalue weighted by molar-refractivity contribution is 0.519. The van der Waals surface area contributed by atoms with Crippen molar-refractivity contribution in [1.29, 1.82) is 0 Å². The molecule has 2 heteroatoms. The number of benzene rings is 1. The fraction of sp³-hybridized carbons (Fsp3) is 0.133. The highest BCUT2D eigenvalue weighted by Crippen LogP contribution is 2.23. The van der Waals surface area contributed by atoms with Gasteiger partial charge in [-0.3, -0.25) is 0 Å². The van der Waals surface area contributed by atoms with Crippen LogP contribution in [0.3, 0.4) is 0 Å². The first-order valence-corrected chi connectivity index (χ1v) is 5.73. The largest absolute Gasteiger partial charge is 0.431 e. The Hall–Kier alpha value is -2.09. The second-order valence-electron chi connectivity index (χ2n) is 4.15. The van der Waals surface area contributed by atoms with E-state index in [4.69, 9.17) is 4.42 Å². The maximum Gasteiger partial charge on any atom is 0.343 e. The normalized spacial score (nSPS) is 14.9. The van der Waals surface area contributed by atoms with Crippen molar-refractivity contribution in [2.75, 3.05) is 0 Å². The van der Waals surface area contributed by atoms with E-state index < -0.39 is 0 Å². The van der Waals surface area contributed by atoms with Crippen LogP contribution < -0.4 is 5.63 Å². The summed E-state index contributed by atoms with van der Waals surface area (Å²) in [5.41, 5.74) is 2.10. The molecule has 0 fully saturated rings. The van der Waals surface area contributed by atoms with Gasteiger partial charge < -0.3 is 4.42 Å². The summed E-state index contributed by atoms with van der Waals surface area (Å²) in [6, 6.07) is 7.67. The Balaban J connectivity index is 2.17. The molecule has 0 saturated heterocycles. The molecular formula is C15H12O2. The minimum Gasteiger partial charge on any atom is -0.431 e. The van der Waals surface area contributed by atoms with Crippen LogP contribution in [0.25, 0.3) is 16.3 Å². The average molecular weight is 224 g/mol. The molecule has 0 spiro atoms. The molecule has 0 N–H and O–H groups in total. The maximum absolute atomic E-state index is 11.5. The van der Waals surface area contributed by atoms with Crippen LogP contribution in [0, 0.1) is 0 Å². The summed E-state index contributed by atoms with van der Waals surface area (Å²) in [5, 5.41) is 1.57. The molecule has 1 aromatic heterocycles. The van der Waals surface area contributed by atoms with Crippen LogP contribution in [-0.4, -0.2) is 0 Å². The molecule has 1 aromatic carbocycles. The van der Waals surface area contributed by atoms with E-state index in [0.29, 0.717) is 5.39 Å². The number of allylic oxidation sites excluding steroid dienone is 4. The first-order valence-electron chi connectivity index (χ1n) is 5.73. The SMILES string of the molecule is O=c1occc2cc(C3=CCCC=C3)ccc12. The summed E-state index contributed by atoms with van der Waals surface area (Å²) in [5.74, 6) is 0. The van der Waals surface area contributed by atoms with E-state index in [0.717, 1.165) is 23.8 Å². The standard InChI is InChI=1S/C15H12O2/c16-15-14-7-6-12(10-13(14)8-9-17-15)11-4-2-1-3-5-11/h2,4-10H,1,3H2. The van der Waals surface area contributed by atoms with Gasteiger partial charge in [-0.05, 0) is 47.6 Å². The van der Waals surface area contributed by atoms with E-state index in [-0.39, 0.29) is 5.63 Å². The fourth-order valence-corrected chi connectivity index (χ4v) is 2.13. The van der Waals surface area contributed by atoms with E-state index in [1.165, 1.54) is 11.8 Å². The number of fused-ring (bicyclic) bond motifs is 1. The first kappa shape index (κ1) is 10.1. The molecule has 84 valence electrons. The lowest BCUT2D eigenvalue weighted by Gasteiger charge is -2.07. The van der Waals surface area contributed by atoms with Crippen molar-refractivity contribution in [1.82, 2.24) is 0 Å². The lowest BCUT2D eigenvalue weighted by atomic mass is 9.98. The summed E-state index contributed by atoms with van der Waals surface area (Å²) in [6.07, 6.45) is 10.2. The molecular weight excluding hydrogens is 212 g/mol. The summed E-state index contributed by atoms with van der Waals surface area (Å²) in [7, 11) is 0. The molecule has 0 unspecified atom stereocenters. The van der Waals surface area contributed by atoms with Gasteiger partial charge in [0.1, 0.15) is 0 Å². The van der Waals surface area contributed by atoms with Crippen LogP contribution >= 0.6 is 0 Å². The summed E-state index contributed by atoms with van der Waals surface area (Å²) < 4.78 is 4.84. The van der Waals surface area contributed by atoms with Crippen molar-refractivity contribution in [3.8, 4) is 0 Å². The third kappa shape index (κ3) is 1.82. The molecule has 2 aromatic rings. The minimum absolute atomic E-state index is 0.276. The van der Waals surface area contributed by atoms with Gasteiger partial charge in [0.05, 0.1) is 11.6 Å². The van der Waals surface area contributed by atoms with Crippen molar-refractivity contribution in [2.24, 2.45) is 0 Å². The molecule has 1 aliphatic carbocycles. The topological polar surface area (TPSA) is 30.2 Å². The van der Waals surface area contributed by atoms with Gasteiger partial charge in [0, 0.05) is 0 Å². The van der Waals surface area contributed by atoms with E-state index in [9.17, 15) is 4.79 Å². The highest BCUT2D eigenvalue weighted by molar-refractivity contribution is 5.87. The molecule has 1 heterocycles. The molecule has 0 atom stereocenters. The van der Waals surface area contributed by atoms with Crippen molar-refractivity contribution in [2.45, 2.75) is 12.8 Å². The molecule has 0 radical (unpaired) electrons. The lowest BCUT2D eigenvalue weighted by Crippen LogP contribution is -1.98. The van der Waals surface area contributed by atoms with Crippen LogP contribution in [0.1, 0.15) is 18.4 Å². The highest BCUT2D eigenvalue weighted by atomic mass is 16.4. The van der Waals surface area contributed by atoms with Crippen molar-refractivity contribution in [3.05, 3.63) is 64.7 Å². The van der Waals surface area contributed by atoms with Crippen LogP contribution in [0.4, 0.5) is 0 Å². The zero-order valence-corrected chi connectivity index (χ0v) is 9.35. The second kappa shape index (κ2) is 4.06. The first-order chi connectivity index (χ1) is 8.34. The molecule has 3 rings (SSSR count). The van der Waals surface area contributed by atoms with Gasteiger partial charge in [-0.15, -0.1) is 0 Å². The van der Waals surface area contributed by atoms with Gasteiger partial charge in [0.15, 0.2) is 0 Å². The van der Waals surface area contributed by atoms with E-state index in [1.807, 2.05) is 24.3 Å². The number of hydrogen-bond donors (Lipinski definition) is 0. The zero-order valence-electron chi connectivity index (χ0n) is 9.35. The van der Waals surface area contributed by atoms with E-state index >= 15 is 0 Å². The third-order valence-electron chi connectivity index (χ3n) is 3.02. The Morgan fingerprint density at radius 2 is 2.06 bits per heavy atom. The third-order valence-corrected chi connectivity index (χ3v) is 3.02. The Morgan fingerprint density at radius 1 is 1.12 bits per heavy atom. The average Bonchev–Trinajstić information content (AvgIpc) is 2.40. The van der Waals surface area contributed by atoms with Crippen molar-refractivity contribution < 1.29 is 4.42 Å². The molecule has 1 aliphatic rings. The van der Waals surface area contributed by atoms with E-state index in [2.05, 4.69) is 18.2 Å². The Morgan fingerprint density at radius 3 is 2.88 bits per heavy atom. The van der Waals surface area contributed by atoms with Gasteiger partial charge in [-0.1, -0.05) is 24.3 Å². The molecule has 0 amide bonds. The summed E-state index contributed by atoms with van der Waals surface area (Å²) >= 11 is 0. The maximum atomic E-state index is 11.5. The highest BCUT2D eigenvalue weighted by Gasteiger charge is 2.04. The predicted molar refractivity (Wildman–Crippen MR) is 68.8 cm³/mol. The number of rotatable bonds is 1. The zero-order chi connectivity index (χ0) is 11.7. The Kier molecular flexibility index (Phi) is 2.41. The van der Waals surface area contributed by atoms with Crippen LogP contribution in [0.15, 0.2) is 58.0 Å². The molecule has 0 aliphatic heterocycles. The van der Waals surface area contributed by atoms with Gasteiger partial charge in [-0.2, -0.15) is 0 Å². The molecule has 2 nitrogen and oxygen atoms in total. The quantitative estimate of drug-likeness (QED) is 0.741. The van der Waals surface area contributed by atoms with Gasteiger partial charge >= 0.3 is 5.63 Å². The van der Waals surface area contributed by atoms with Gasteiger partial charge in [-0.25, -0.2) is 4.79 Å². The van der Waals surface area contributed by atoms with E-state index in [1.54, 1.807) is 0 Å². The summed E-state index contributed by atoms with van der Waals surface area (Å²) in [6.45, 7) is 0. The number of hydrogen-bond acceptors (Lipinski definition) is 2. The second-order valence-corrected chi connectivity index (χ2v) is 4.15. The minimum atomic E-state index is -0.276. The Labute approximate surface area is 98.9 Å². The predicted octanol–water partition coefficient (Wildman–Crippen LogP) is 3.53. The monoisotopic (exact) mass is 224 g/mol.